The van der Waals surface area contributed by atoms with Crippen LogP contribution in [0.15, 0.2) is 65.0 Å². The second-order valence-electron chi connectivity index (χ2n) is 7.25. The van der Waals surface area contributed by atoms with Gasteiger partial charge in [0.1, 0.15) is 5.75 Å². The first-order valence-corrected chi connectivity index (χ1v) is 12.4. The molecule has 0 unspecified atom stereocenters. The van der Waals surface area contributed by atoms with Gasteiger partial charge in [0.15, 0.2) is 10.9 Å². The van der Waals surface area contributed by atoms with Gasteiger partial charge in [-0.2, -0.15) is 13.2 Å². The average molecular weight is 553 g/mol. The molecule has 36 heavy (non-hydrogen) atoms. The Kier molecular flexibility index (Phi) is 7.97. The fraction of sp³-hybridized carbons (Fsp3) is 0.130. The first-order valence-electron chi connectivity index (χ1n) is 10.2. The van der Waals surface area contributed by atoms with E-state index in [0.29, 0.717) is 10.1 Å². The third-order valence-electron chi connectivity index (χ3n) is 4.64. The highest BCUT2D eigenvalue weighted by atomic mass is 35.5. The second-order valence-corrected chi connectivity index (χ2v) is 9.86. The lowest BCUT2D eigenvalue weighted by atomic mass is 10.1. The van der Waals surface area contributed by atoms with Crippen LogP contribution in [-0.2, 0) is 15.8 Å². The molecule has 0 saturated carbocycles. The molecule has 13 heteroatoms. The van der Waals surface area contributed by atoms with Gasteiger partial charge in [0.05, 0.1) is 22.0 Å². The minimum atomic E-state index is -4.56. The maximum absolute atomic E-state index is 12.9. The van der Waals surface area contributed by atoms with Crippen LogP contribution in [0.1, 0.15) is 5.56 Å². The average Bonchev–Trinajstić information content (AvgIpc) is 3.29. The molecule has 4 aromatic rings. The van der Waals surface area contributed by atoms with E-state index in [4.69, 9.17) is 16.3 Å². The SMILES string of the molecule is O=C(COc1ccc2ccccc2c1)Nc1nnc(SCC(=O)Nc2cc(C(F)(F)F)ccc2Cl)s1. The van der Waals surface area contributed by atoms with Gasteiger partial charge >= 0.3 is 6.18 Å². The number of nitrogens with zero attached hydrogens (tertiary/aromatic N) is 2. The fourth-order valence-corrected chi connectivity index (χ4v) is 4.72. The number of benzene rings is 3. The molecule has 0 aliphatic carbocycles. The molecule has 4 rings (SSSR count). The van der Waals surface area contributed by atoms with Gasteiger partial charge in [-0.3, -0.25) is 14.9 Å². The topological polar surface area (TPSA) is 93.2 Å². The van der Waals surface area contributed by atoms with Crippen LogP contribution in [0.4, 0.5) is 24.0 Å². The number of carbonyl (C=O) groups excluding carboxylic acids is 2. The summed E-state index contributed by atoms with van der Waals surface area (Å²) >= 11 is 7.94. The van der Waals surface area contributed by atoms with Crippen LogP contribution in [0.3, 0.4) is 0 Å². The highest BCUT2D eigenvalue weighted by molar-refractivity contribution is 8.01. The summed E-state index contributed by atoms with van der Waals surface area (Å²) in [6.07, 6.45) is -4.56. The molecule has 0 aliphatic rings. The molecule has 0 saturated heterocycles. The highest BCUT2D eigenvalue weighted by Gasteiger charge is 2.31. The van der Waals surface area contributed by atoms with Crippen LogP contribution in [0, 0.1) is 0 Å². The van der Waals surface area contributed by atoms with Gasteiger partial charge in [-0.25, -0.2) is 0 Å². The number of nitrogens with one attached hydrogen (secondary N) is 2. The van der Waals surface area contributed by atoms with Gasteiger partial charge in [-0.05, 0) is 41.1 Å². The Bertz CT molecular complexity index is 1410. The molecule has 0 aliphatic heterocycles. The molecule has 1 heterocycles. The van der Waals surface area contributed by atoms with Crippen LogP contribution in [-0.4, -0.2) is 34.4 Å². The van der Waals surface area contributed by atoms with Gasteiger partial charge in [0.2, 0.25) is 11.0 Å². The number of rotatable bonds is 8. The van der Waals surface area contributed by atoms with E-state index in [0.717, 1.165) is 52.1 Å². The van der Waals surface area contributed by atoms with Crippen molar-refractivity contribution in [3.63, 3.8) is 0 Å². The number of alkyl halides is 3. The quantitative estimate of drug-likeness (QED) is 0.202. The number of carbonyl (C=O) groups is 2. The van der Waals surface area contributed by atoms with Crippen molar-refractivity contribution in [2.75, 3.05) is 23.0 Å². The van der Waals surface area contributed by atoms with Crippen molar-refractivity contribution in [1.82, 2.24) is 10.2 Å². The summed E-state index contributed by atoms with van der Waals surface area (Å²) in [4.78, 5) is 24.4. The smallest absolute Gasteiger partial charge is 0.416 e. The summed E-state index contributed by atoms with van der Waals surface area (Å²) in [6.45, 7) is -0.236. The van der Waals surface area contributed by atoms with E-state index in [1.54, 1.807) is 6.07 Å². The summed E-state index contributed by atoms with van der Waals surface area (Å²) in [5.41, 5.74) is -1.07. The molecule has 0 radical (unpaired) electrons. The van der Waals surface area contributed by atoms with Crippen molar-refractivity contribution in [2.45, 2.75) is 10.5 Å². The van der Waals surface area contributed by atoms with Gasteiger partial charge in [-0.15, -0.1) is 10.2 Å². The first-order chi connectivity index (χ1) is 17.2. The van der Waals surface area contributed by atoms with Crippen molar-refractivity contribution in [2.24, 2.45) is 0 Å². The van der Waals surface area contributed by atoms with Crippen LogP contribution < -0.4 is 15.4 Å². The Labute approximate surface area is 216 Å². The van der Waals surface area contributed by atoms with Crippen LogP contribution >= 0.6 is 34.7 Å². The number of ether oxygens (including phenoxy) is 1. The summed E-state index contributed by atoms with van der Waals surface area (Å²) in [7, 11) is 0. The zero-order chi connectivity index (χ0) is 25.7. The van der Waals surface area contributed by atoms with Crippen LogP contribution in [0.2, 0.25) is 5.02 Å². The van der Waals surface area contributed by atoms with Crippen molar-refractivity contribution in [3.8, 4) is 5.75 Å². The Balaban J connectivity index is 1.25. The molecule has 7 nitrogen and oxygen atoms in total. The molecule has 1 aromatic heterocycles. The Morgan fingerprint density at radius 3 is 2.53 bits per heavy atom. The van der Waals surface area contributed by atoms with Crippen molar-refractivity contribution in [1.29, 1.82) is 0 Å². The van der Waals surface area contributed by atoms with E-state index >= 15 is 0 Å². The van der Waals surface area contributed by atoms with E-state index in [-0.39, 0.29) is 28.2 Å². The molecule has 0 fully saturated rings. The standard InChI is InChI=1S/C23H16ClF3N4O3S2/c24-17-8-6-15(23(25,26)27)10-18(17)28-20(33)12-35-22-31-30-21(36-22)29-19(32)11-34-16-7-5-13-3-1-2-4-14(13)9-16/h1-10H,11-12H2,(H,28,33)(H,29,30,32). The Hall–Kier alpha value is -3.35. The maximum atomic E-state index is 12.9. The third kappa shape index (κ3) is 6.86. The number of halogens is 4. The minimum Gasteiger partial charge on any atom is -0.484 e. The lowest BCUT2D eigenvalue weighted by Gasteiger charge is -2.11. The lowest BCUT2D eigenvalue weighted by molar-refractivity contribution is -0.137. The van der Waals surface area contributed by atoms with Crippen LogP contribution in [0.25, 0.3) is 10.8 Å². The Morgan fingerprint density at radius 2 is 1.75 bits per heavy atom. The van der Waals surface area contributed by atoms with E-state index in [2.05, 4.69) is 20.8 Å². The van der Waals surface area contributed by atoms with Gasteiger partial charge in [0.25, 0.3) is 5.91 Å². The fourth-order valence-electron chi connectivity index (χ4n) is 2.99. The number of amides is 2. The molecule has 2 amide bonds. The molecule has 3 aromatic carbocycles. The zero-order valence-electron chi connectivity index (χ0n) is 18.1. The zero-order valence-corrected chi connectivity index (χ0v) is 20.5. The molecular weight excluding hydrogens is 537 g/mol. The van der Waals surface area contributed by atoms with Crippen LogP contribution in [0.5, 0.6) is 5.75 Å². The molecule has 0 atom stereocenters. The van der Waals surface area contributed by atoms with E-state index in [1.807, 2.05) is 36.4 Å². The Morgan fingerprint density at radius 1 is 0.972 bits per heavy atom. The monoisotopic (exact) mass is 552 g/mol. The van der Waals surface area contributed by atoms with Gasteiger partial charge < -0.3 is 10.1 Å². The van der Waals surface area contributed by atoms with Gasteiger partial charge in [0, 0.05) is 0 Å². The predicted molar refractivity (Wildman–Crippen MR) is 134 cm³/mol. The largest absolute Gasteiger partial charge is 0.484 e. The second kappa shape index (κ2) is 11.1. The third-order valence-corrected chi connectivity index (χ3v) is 6.94. The summed E-state index contributed by atoms with van der Waals surface area (Å²) in [5, 5.41) is 14.9. The van der Waals surface area contributed by atoms with Crippen molar-refractivity contribution >= 4 is 68.1 Å². The summed E-state index contributed by atoms with van der Waals surface area (Å²) < 4.78 is 44.6. The number of hydrogen-bond donors (Lipinski definition) is 2. The van der Waals surface area contributed by atoms with Crippen molar-refractivity contribution < 1.29 is 27.5 Å². The van der Waals surface area contributed by atoms with Gasteiger partial charge in [-0.1, -0.05) is 65.0 Å². The van der Waals surface area contributed by atoms with E-state index in [1.165, 1.54) is 0 Å². The van der Waals surface area contributed by atoms with E-state index < -0.39 is 23.6 Å². The highest BCUT2D eigenvalue weighted by Crippen LogP contribution is 2.34. The predicted octanol–water partition coefficient (Wildman–Crippen LogP) is 6.11. The summed E-state index contributed by atoms with van der Waals surface area (Å²) in [6, 6.07) is 15.9. The maximum Gasteiger partial charge on any atom is 0.416 e. The minimum absolute atomic E-state index is 0.0202. The summed E-state index contributed by atoms with van der Waals surface area (Å²) in [5.74, 6) is -0.622. The molecule has 186 valence electrons. The molecule has 0 spiro atoms. The number of anilines is 2. The molecule has 2 N–H and O–H groups in total. The number of hydrogen-bond acceptors (Lipinski definition) is 7. The normalized spacial score (nSPS) is 11.3. The first kappa shape index (κ1) is 25.7. The molecular formula is C23H16ClF3N4O3S2. The lowest BCUT2D eigenvalue weighted by Crippen LogP contribution is -2.20. The van der Waals surface area contributed by atoms with Crippen molar-refractivity contribution in [3.05, 3.63) is 71.2 Å². The van der Waals surface area contributed by atoms with E-state index in [9.17, 15) is 22.8 Å². The molecule has 0 bridgehead atoms. The number of thioether (sulfide) groups is 1. The number of fused-ring (bicyclic) bond motifs is 1. The number of aromatic nitrogens is 2.